The molecule has 0 radical (unpaired) electrons. The Hall–Kier alpha value is -1.38. The summed E-state index contributed by atoms with van der Waals surface area (Å²) in [6.45, 7) is 17.8. The van der Waals surface area contributed by atoms with Gasteiger partial charge in [-0.2, -0.15) is 0 Å². The molecule has 40 heavy (non-hydrogen) atoms. The van der Waals surface area contributed by atoms with E-state index in [2.05, 4.69) is 27.4 Å². The molecule has 3 saturated carbocycles. The Morgan fingerprint density at radius 3 is 2.60 bits per heavy atom. The number of nitrogens with two attached hydrogens (primary N) is 1. The molecule has 7 nitrogen and oxygen atoms in total. The van der Waals surface area contributed by atoms with Gasteiger partial charge in [-0.3, -0.25) is 14.4 Å². The van der Waals surface area contributed by atoms with Gasteiger partial charge in [0.25, 0.3) is 0 Å². The van der Waals surface area contributed by atoms with Crippen molar-refractivity contribution >= 4 is 29.4 Å². The van der Waals surface area contributed by atoms with Crippen LogP contribution in [0, 0.1) is 39.9 Å². The number of rotatable bonds is 7. The van der Waals surface area contributed by atoms with E-state index in [4.69, 9.17) is 10.5 Å². The first-order chi connectivity index (χ1) is 18.7. The summed E-state index contributed by atoms with van der Waals surface area (Å²) >= 11 is 1.55. The molecule has 1 amide bonds. The van der Waals surface area contributed by atoms with Crippen molar-refractivity contribution in [3.63, 3.8) is 0 Å². The maximum absolute atomic E-state index is 13.6. The molecule has 1 saturated heterocycles. The number of ketones is 1. The highest BCUT2D eigenvalue weighted by molar-refractivity contribution is 8.00. The molecule has 2 bridgehead atoms. The second-order valence-electron chi connectivity index (χ2n) is 14.2. The number of nitrogens with zero attached hydrogens (tertiary/aromatic N) is 1. The van der Waals surface area contributed by atoms with E-state index < -0.39 is 29.1 Å². The third-order valence-electron chi connectivity index (χ3n) is 11.7. The Balaban J connectivity index is 1.52. The van der Waals surface area contributed by atoms with Crippen molar-refractivity contribution in [3.05, 3.63) is 12.7 Å². The molecule has 1 heterocycles. The molecule has 10 atom stereocenters. The molecule has 0 aromatic rings. The molecule has 5 unspecified atom stereocenters. The summed E-state index contributed by atoms with van der Waals surface area (Å²) in [7, 11) is 0. The van der Waals surface area contributed by atoms with E-state index in [1.807, 2.05) is 31.7 Å². The van der Waals surface area contributed by atoms with Gasteiger partial charge in [0.1, 0.15) is 11.9 Å². The molecular formula is C32H52N2O5S. The molecule has 4 rings (SSSR count). The molecule has 3 aliphatic carbocycles. The van der Waals surface area contributed by atoms with E-state index in [0.29, 0.717) is 25.9 Å². The van der Waals surface area contributed by atoms with E-state index in [1.165, 1.54) is 0 Å². The molecular weight excluding hydrogens is 524 g/mol. The lowest BCUT2D eigenvalue weighted by Gasteiger charge is -2.61. The Morgan fingerprint density at radius 1 is 1.25 bits per heavy atom. The van der Waals surface area contributed by atoms with Crippen LogP contribution < -0.4 is 5.73 Å². The Morgan fingerprint density at radius 2 is 1.95 bits per heavy atom. The van der Waals surface area contributed by atoms with Crippen molar-refractivity contribution in [2.24, 2.45) is 45.7 Å². The summed E-state index contributed by atoms with van der Waals surface area (Å²) < 4.78 is 6.38. The predicted octanol–water partition coefficient (Wildman–Crippen LogP) is 4.60. The summed E-state index contributed by atoms with van der Waals surface area (Å²) in [4.78, 5) is 41.7. The number of hydrogen-bond donors (Lipinski definition) is 2. The fourth-order valence-electron chi connectivity index (χ4n) is 8.65. The van der Waals surface area contributed by atoms with Gasteiger partial charge in [0.05, 0.1) is 17.9 Å². The number of aliphatic hydroxyl groups excluding tert-OH is 1. The smallest absolute Gasteiger partial charge is 0.316 e. The number of ether oxygens (including phenoxy) is 1. The standard InChI is InChI=1S/C32H52N2O5S/c1-8-30(6)16-24(31(7)20(4)11-13-32(21(5)28(30)37)14-12-23(35)27(31)32)39-25(36)18-40-22-10-9-15-34(17-22)29(38)26(33)19(2)3/h8,19-22,24,26-28,37H,1,9-18,33H2,2-7H3/t20?,21-,22?,24+,26?,27?,28-,30+,31-,32?/m0/s1. The average Bonchev–Trinajstić information content (AvgIpc) is 3.29. The fraction of sp³-hybridized carbons (Fsp3) is 0.844. The quantitative estimate of drug-likeness (QED) is 0.337. The number of Topliss-reactive ketones (excluding diaryl/α,β-unsaturated/α-hetero) is 1. The van der Waals surface area contributed by atoms with Gasteiger partial charge in [-0.1, -0.05) is 47.6 Å². The fourth-order valence-corrected chi connectivity index (χ4v) is 9.71. The monoisotopic (exact) mass is 576 g/mol. The first-order valence-electron chi connectivity index (χ1n) is 15.4. The van der Waals surface area contributed by atoms with Gasteiger partial charge in [0.2, 0.25) is 5.91 Å². The van der Waals surface area contributed by atoms with E-state index in [1.54, 1.807) is 11.8 Å². The Bertz CT molecular complexity index is 1000. The summed E-state index contributed by atoms with van der Waals surface area (Å²) in [5.74, 6) is 0.158. The van der Waals surface area contributed by atoms with Gasteiger partial charge >= 0.3 is 5.97 Å². The van der Waals surface area contributed by atoms with E-state index in [9.17, 15) is 19.5 Å². The number of likely N-dealkylation sites (tertiary alicyclic amines) is 1. The summed E-state index contributed by atoms with van der Waals surface area (Å²) in [5.41, 5.74) is 4.70. The zero-order valence-corrected chi connectivity index (χ0v) is 26.3. The lowest BCUT2D eigenvalue weighted by Crippen LogP contribution is -2.63. The molecule has 0 aromatic heterocycles. The lowest BCUT2D eigenvalue weighted by molar-refractivity contribution is -0.205. The minimum atomic E-state index is -0.671. The third-order valence-corrected chi connectivity index (χ3v) is 13.0. The number of thioether (sulfide) groups is 1. The highest BCUT2D eigenvalue weighted by Crippen LogP contribution is 2.68. The van der Waals surface area contributed by atoms with Crippen LogP contribution in [-0.4, -0.2) is 70.0 Å². The minimum absolute atomic E-state index is 0.0159. The van der Waals surface area contributed by atoms with E-state index >= 15 is 0 Å². The van der Waals surface area contributed by atoms with Crippen LogP contribution in [-0.2, 0) is 19.1 Å². The molecule has 4 fully saturated rings. The maximum atomic E-state index is 13.6. The second kappa shape index (κ2) is 11.7. The number of carbonyl (C=O) groups is 3. The van der Waals surface area contributed by atoms with E-state index in [-0.39, 0.29) is 57.7 Å². The summed E-state index contributed by atoms with van der Waals surface area (Å²) in [5, 5.41) is 11.8. The molecule has 1 aliphatic heterocycles. The lowest BCUT2D eigenvalue weighted by atomic mass is 9.44. The van der Waals surface area contributed by atoms with Crippen LogP contribution in [0.4, 0.5) is 0 Å². The third kappa shape index (κ3) is 5.30. The molecule has 0 aromatic carbocycles. The van der Waals surface area contributed by atoms with Gasteiger partial charge < -0.3 is 20.5 Å². The zero-order valence-electron chi connectivity index (χ0n) is 25.5. The zero-order chi connectivity index (χ0) is 29.6. The number of piperidine rings is 1. The van der Waals surface area contributed by atoms with Gasteiger partial charge in [-0.25, -0.2) is 0 Å². The number of hydrogen-bond acceptors (Lipinski definition) is 7. The first-order valence-corrected chi connectivity index (χ1v) is 16.5. The predicted molar refractivity (Wildman–Crippen MR) is 160 cm³/mol. The molecule has 3 N–H and O–H groups in total. The normalized spacial score (nSPS) is 42.5. The summed E-state index contributed by atoms with van der Waals surface area (Å²) in [6.07, 6.45) is 6.12. The number of esters is 1. The highest BCUT2D eigenvalue weighted by Gasteiger charge is 2.68. The molecule has 226 valence electrons. The molecule has 4 aliphatic rings. The largest absolute Gasteiger partial charge is 0.461 e. The number of carbonyl (C=O) groups excluding carboxylic acids is 3. The second-order valence-corrected chi connectivity index (χ2v) is 15.5. The van der Waals surface area contributed by atoms with Gasteiger partial charge in [0, 0.05) is 41.5 Å². The van der Waals surface area contributed by atoms with Crippen LogP contribution in [0.3, 0.4) is 0 Å². The molecule has 8 heteroatoms. The van der Waals surface area contributed by atoms with Gasteiger partial charge in [-0.15, -0.1) is 18.3 Å². The number of amides is 1. The van der Waals surface area contributed by atoms with Crippen LogP contribution in [0.5, 0.6) is 0 Å². The first kappa shape index (κ1) is 31.6. The molecule has 0 spiro atoms. The highest BCUT2D eigenvalue weighted by atomic mass is 32.2. The van der Waals surface area contributed by atoms with E-state index in [0.717, 1.165) is 32.1 Å². The van der Waals surface area contributed by atoms with Crippen LogP contribution >= 0.6 is 11.8 Å². The van der Waals surface area contributed by atoms with Crippen molar-refractivity contribution < 1.29 is 24.2 Å². The van der Waals surface area contributed by atoms with Gasteiger partial charge in [-0.05, 0) is 61.7 Å². The van der Waals surface area contributed by atoms with Crippen molar-refractivity contribution in [1.82, 2.24) is 4.90 Å². The van der Waals surface area contributed by atoms with Crippen LogP contribution in [0.1, 0.15) is 86.5 Å². The topological polar surface area (TPSA) is 110 Å². The van der Waals surface area contributed by atoms with Crippen molar-refractivity contribution in [2.45, 2.75) is 110 Å². The maximum Gasteiger partial charge on any atom is 0.316 e. The van der Waals surface area contributed by atoms with Crippen molar-refractivity contribution in [1.29, 1.82) is 0 Å². The Labute approximate surface area is 245 Å². The number of aliphatic hydroxyl groups is 1. The van der Waals surface area contributed by atoms with Crippen LogP contribution in [0.2, 0.25) is 0 Å². The minimum Gasteiger partial charge on any atom is -0.461 e. The van der Waals surface area contributed by atoms with Crippen LogP contribution in [0.25, 0.3) is 0 Å². The van der Waals surface area contributed by atoms with Crippen molar-refractivity contribution in [3.8, 4) is 0 Å². The Kier molecular flexibility index (Phi) is 9.24. The average molecular weight is 577 g/mol. The SMILES string of the molecule is C=C[C@]1(C)C[C@@H](OC(=O)CSC2CCCN(C(=O)C(N)C(C)C)C2)[C@]2(C)C(C)CCC3(CCC(=O)C32)[C@@H](C)[C@@H]1O. The van der Waals surface area contributed by atoms with Crippen molar-refractivity contribution in [2.75, 3.05) is 18.8 Å². The summed E-state index contributed by atoms with van der Waals surface area (Å²) in [6, 6.07) is -0.506. The van der Waals surface area contributed by atoms with Gasteiger partial charge in [0.15, 0.2) is 0 Å². The van der Waals surface area contributed by atoms with Crippen LogP contribution in [0.15, 0.2) is 12.7 Å².